The summed E-state index contributed by atoms with van der Waals surface area (Å²) in [7, 11) is 0. The Morgan fingerprint density at radius 2 is 1.62 bits per heavy atom. The van der Waals surface area contributed by atoms with Crippen molar-refractivity contribution >= 4 is 11.8 Å². The molecule has 32 heavy (non-hydrogen) atoms. The highest BCUT2D eigenvalue weighted by molar-refractivity contribution is 5.99. The van der Waals surface area contributed by atoms with Gasteiger partial charge in [0.05, 0.1) is 12.2 Å². The normalized spacial score (nSPS) is 18.4. The van der Waals surface area contributed by atoms with E-state index in [2.05, 4.69) is 26.1 Å². The van der Waals surface area contributed by atoms with Crippen LogP contribution in [0, 0.1) is 0 Å². The molecular weight excluding hydrogens is 400 g/mol. The van der Waals surface area contributed by atoms with Crippen LogP contribution in [0.5, 0.6) is 0 Å². The van der Waals surface area contributed by atoms with E-state index >= 15 is 0 Å². The Morgan fingerprint density at radius 1 is 1.03 bits per heavy atom. The van der Waals surface area contributed by atoms with Gasteiger partial charge in [0, 0.05) is 18.5 Å². The lowest BCUT2D eigenvalue weighted by Gasteiger charge is -2.43. The molecule has 4 rings (SSSR count). The van der Waals surface area contributed by atoms with E-state index in [0.29, 0.717) is 25.3 Å². The number of hydrogen-bond donors (Lipinski definition) is 1. The molecule has 2 amide bonds. The van der Waals surface area contributed by atoms with Crippen LogP contribution in [0.15, 0.2) is 66.7 Å². The van der Waals surface area contributed by atoms with Gasteiger partial charge in [-0.25, -0.2) is 0 Å². The van der Waals surface area contributed by atoms with Crippen LogP contribution in [0.25, 0.3) is 0 Å². The fraction of sp³-hybridized carbons (Fsp3) is 0.346. The number of nitrogens with zero attached hydrogens (tertiary/aromatic N) is 3. The number of carbonyl (C=O) groups is 2. The van der Waals surface area contributed by atoms with Gasteiger partial charge >= 0.3 is 0 Å². The fourth-order valence-electron chi connectivity index (χ4n) is 3.99. The van der Waals surface area contributed by atoms with E-state index < -0.39 is 5.54 Å². The van der Waals surface area contributed by atoms with Gasteiger partial charge in [-0.2, -0.15) is 5.10 Å². The first-order valence-electron chi connectivity index (χ1n) is 10.9. The van der Waals surface area contributed by atoms with Crippen molar-refractivity contribution in [2.75, 3.05) is 0 Å². The summed E-state index contributed by atoms with van der Waals surface area (Å²) >= 11 is 0. The van der Waals surface area contributed by atoms with Crippen LogP contribution < -0.4 is 5.32 Å². The maximum Gasteiger partial charge on any atom is 0.273 e. The van der Waals surface area contributed by atoms with Gasteiger partial charge in [0.25, 0.3) is 5.91 Å². The third-order valence-corrected chi connectivity index (χ3v) is 6.03. The largest absolute Gasteiger partial charge is 0.350 e. The molecule has 6 heteroatoms. The number of hydrogen-bond acceptors (Lipinski definition) is 3. The van der Waals surface area contributed by atoms with E-state index in [0.717, 1.165) is 16.8 Å². The zero-order chi connectivity index (χ0) is 22.9. The highest BCUT2D eigenvalue weighted by Crippen LogP contribution is 2.31. The monoisotopic (exact) mass is 430 g/mol. The minimum Gasteiger partial charge on any atom is -0.350 e. The molecular formula is C26H30N4O2. The summed E-state index contributed by atoms with van der Waals surface area (Å²) in [5.74, 6) is -0.371. The van der Waals surface area contributed by atoms with E-state index in [1.807, 2.05) is 73.7 Å². The highest BCUT2D eigenvalue weighted by Gasteiger charge is 2.48. The number of rotatable bonds is 5. The second-order valence-corrected chi connectivity index (χ2v) is 9.64. The van der Waals surface area contributed by atoms with Gasteiger partial charge < -0.3 is 10.2 Å². The average Bonchev–Trinajstić information content (AvgIpc) is 3.21. The standard InChI is InChI=1S/C26H30N4O2/c1-25(2,3)22-15-21-23(31)29(17-20-13-9-6-10-14-20)26(4,18-30(21)28-22)24(32)27-16-19-11-7-5-8-12-19/h5-15H,16-18H2,1-4H3,(H,27,32). The number of nitrogens with one attached hydrogen (secondary N) is 1. The van der Waals surface area contributed by atoms with Crippen molar-refractivity contribution in [2.24, 2.45) is 0 Å². The molecule has 1 aliphatic heterocycles. The van der Waals surface area contributed by atoms with Crippen LogP contribution in [-0.2, 0) is 29.8 Å². The average molecular weight is 431 g/mol. The predicted octanol–water partition coefficient (Wildman–Crippen LogP) is 3.91. The zero-order valence-electron chi connectivity index (χ0n) is 19.1. The third-order valence-electron chi connectivity index (χ3n) is 6.03. The van der Waals surface area contributed by atoms with E-state index in [1.54, 1.807) is 9.58 Å². The minimum absolute atomic E-state index is 0.180. The highest BCUT2D eigenvalue weighted by atomic mass is 16.2. The molecule has 0 fully saturated rings. The van der Waals surface area contributed by atoms with Crippen LogP contribution >= 0.6 is 0 Å². The van der Waals surface area contributed by atoms with Crippen molar-refractivity contribution in [1.29, 1.82) is 0 Å². The van der Waals surface area contributed by atoms with Gasteiger partial charge in [-0.1, -0.05) is 81.4 Å². The van der Waals surface area contributed by atoms with Crippen LogP contribution in [0.1, 0.15) is 55.0 Å². The fourth-order valence-corrected chi connectivity index (χ4v) is 3.99. The molecule has 0 aliphatic carbocycles. The first-order chi connectivity index (χ1) is 15.2. The van der Waals surface area contributed by atoms with Crippen molar-refractivity contribution in [1.82, 2.24) is 20.0 Å². The Morgan fingerprint density at radius 3 is 2.22 bits per heavy atom. The van der Waals surface area contributed by atoms with Crippen molar-refractivity contribution in [3.63, 3.8) is 0 Å². The summed E-state index contributed by atoms with van der Waals surface area (Å²) in [4.78, 5) is 28.8. The van der Waals surface area contributed by atoms with Crippen LogP contribution in [0.4, 0.5) is 0 Å². The maximum absolute atomic E-state index is 13.6. The predicted molar refractivity (Wildman–Crippen MR) is 124 cm³/mol. The Bertz CT molecular complexity index is 1120. The zero-order valence-corrected chi connectivity index (χ0v) is 19.1. The van der Waals surface area contributed by atoms with Crippen molar-refractivity contribution in [3.8, 4) is 0 Å². The second kappa shape index (κ2) is 8.26. The molecule has 6 nitrogen and oxygen atoms in total. The van der Waals surface area contributed by atoms with Gasteiger partial charge in [0.2, 0.25) is 5.91 Å². The van der Waals surface area contributed by atoms with Gasteiger partial charge in [0.15, 0.2) is 0 Å². The van der Waals surface area contributed by atoms with E-state index in [9.17, 15) is 9.59 Å². The number of benzene rings is 2. The molecule has 1 aromatic heterocycles. The first-order valence-corrected chi connectivity index (χ1v) is 10.9. The molecule has 0 saturated heterocycles. The van der Waals surface area contributed by atoms with Gasteiger partial charge in [-0.05, 0) is 24.1 Å². The second-order valence-electron chi connectivity index (χ2n) is 9.64. The van der Waals surface area contributed by atoms with E-state index in [1.165, 1.54) is 0 Å². The quantitative estimate of drug-likeness (QED) is 0.667. The number of aromatic nitrogens is 2. The SMILES string of the molecule is CC(C)(C)c1cc2n(n1)CC(C)(C(=O)NCc1ccccc1)N(Cc1ccccc1)C2=O. The summed E-state index contributed by atoms with van der Waals surface area (Å²) in [5, 5.41) is 7.74. The molecule has 0 bridgehead atoms. The first kappa shape index (κ1) is 21.8. The smallest absolute Gasteiger partial charge is 0.273 e. The summed E-state index contributed by atoms with van der Waals surface area (Å²) in [6.07, 6.45) is 0. The van der Waals surface area contributed by atoms with Crippen molar-refractivity contribution in [2.45, 2.75) is 58.3 Å². The van der Waals surface area contributed by atoms with Gasteiger partial charge in [-0.15, -0.1) is 0 Å². The molecule has 0 saturated carbocycles. The summed E-state index contributed by atoms with van der Waals surface area (Å²) in [6.45, 7) is 9.10. The summed E-state index contributed by atoms with van der Waals surface area (Å²) < 4.78 is 1.70. The Hall–Kier alpha value is -3.41. The third kappa shape index (κ3) is 4.17. The summed E-state index contributed by atoms with van der Waals surface area (Å²) in [6, 6.07) is 21.4. The molecule has 1 unspecified atom stereocenters. The molecule has 1 atom stereocenters. The molecule has 0 spiro atoms. The number of fused-ring (bicyclic) bond motifs is 1. The Balaban J connectivity index is 1.68. The maximum atomic E-state index is 13.6. The van der Waals surface area contributed by atoms with E-state index in [4.69, 9.17) is 5.10 Å². The molecule has 0 radical (unpaired) electrons. The molecule has 2 aromatic carbocycles. The van der Waals surface area contributed by atoms with Gasteiger partial charge in [-0.3, -0.25) is 14.3 Å². The lowest BCUT2D eigenvalue weighted by molar-refractivity contribution is -0.133. The van der Waals surface area contributed by atoms with Gasteiger partial charge in [0.1, 0.15) is 11.2 Å². The minimum atomic E-state index is -1.07. The lowest BCUT2D eigenvalue weighted by Crippen LogP contribution is -2.63. The van der Waals surface area contributed by atoms with Crippen LogP contribution in [-0.4, -0.2) is 32.0 Å². The van der Waals surface area contributed by atoms with E-state index in [-0.39, 0.29) is 17.2 Å². The number of carbonyl (C=O) groups excluding carboxylic acids is 2. The van der Waals surface area contributed by atoms with Crippen molar-refractivity contribution < 1.29 is 9.59 Å². The molecule has 3 aromatic rings. The topological polar surface area (TPSA) is 67.2 Å². The molecule has 166 valence electrons. The molecule has 1 N–H and O–H groups in total. The van der Waals surface area contributed by atoms with Crippen LogP contribution in [0.2, 0.25) is 0 Å². The molecule has 1 aliphatic rings. The lowest BCUT2D eigenvalue weighted by atomic mass is 9.91. The summed E-state index contributed by atoms with van der Waals surface area (Å²) in [5.41, 5.74) is 2.09. The molecule has 2 heterocycles. The number of amides is 2. The Labute approximate surface area is 189 Å². The van der Waals surface area contributed by atoms with Crippen molar-refractivity contribution in [3.05, 3.63) is 89.2 Å². The Kier molecular flexibility index (Phi) is 5.63. The van der Waals surface area contributed by atoms with Crippen LogP contribution in [0.3, 0.4) is 0 Å².